The molecule has 2 heterocycles. The van der Waals surface area contributed by atoms with Gasteiger partial charge in [0.25, 0.3) is 0 Å². The summed E-state index contributed by atoms with van der Waals surface area (Å²) in [5, 5.41) is 6.49. The third-order valence-corrected chi connectivity index (χ3v) is 5.09. The number of benzene rings is 1. The van der Waals surface area contributed by atoms with Crippen LogP contribution in [-0.2, 0) is 10.9 Å². The monoisotopic (exact) mass is 494 g/mol. The smallest absolute Gasteiger partial charge is 0.419 e. The number of rotatable bonds is 8. The molecule has 11 heteroatoms. The first-order chi connectivity index (χ1) is 16.4. The number of carbonyl (C=O) groups excluding carboxylic acids is 1. The summed E-state index contributed by atoms with van der Waals surface area (Å²) in [7, 11) is 0. The fourth-order valence-corrected chi connectivity index (χ4v) is 3.60. The van der Waals surface area contributed by atoms with Gasteiger partial charge < -0.3 is 18.9 Å². The van der Waals surface area contributed by atoms with Gasteiger partial charge in [-0.05, 0) is 58.2 Å². The summed E-state index contributed by atoms with van der Waals surface area (Å²) in [4.78, 5) is 18.2. The quantitative estimate of drug-likeness (QED) is 0.364. The SMILES string of the molecule is C=CCCOc1ccc(-c2noc([C@@H]3CCCN3C(=C)NC(=O)OC(C)(C)C)n2)cc1C(F)(F)F. The third-order valence-electron chi connectivity index (χ3n) is 5.09. The molecule has 3 rings (SSSR count). The molecule has 0 bridgehead atoms. The number of hydrogen-bond donors (Lipinski definition) is 1. The Labute approximate surface area is 201 Å². The van der Waals surface area contributed by atoms with Crippen LogP contribution in [0.5, 0.6) is 5.75 Å². The maximum atomic E-state index is 13.6. The second kappa shape index (κ2) is 10.4. The predicted octanol–water partition coefficient (Wildman–Crippen LogP) is 5.84. The first-order valence-electron chi connectivity index (χ1n) is 11.1. The summed E-state index contributed by atoms with van der Waals surface area (Å²) in [6.07, 6.45) is -1.88. The fourth-order valence-electron chi connectivity index (χ4n) is 3.60. The molecule has 1 N–H and O–H groups in total. The van der Waals surface area contributed by atoms with E-state index in [9.17, 15) is 18.0 Å². The molecule has 190 valence electrons. The molecule has 1 aromatic carbocycles. The molecular formula is C24H29F3N4O4. The zero-order valence-electron chi connectivity index (χ0n) is 19.9. The van der Waals surface area contributed by atoms with Crippen LogP contribution in [0.4, 0.5) is 18.0 Å². The lowest BCUT2D eigenvalue weighted by Gasteiger charge is -2.27. The number of likely N-dealkylation sites (tertiary alicyclic amines) is 1. The molecule has 0 aliphatic carbocycles. The zero-order chi connectivity index (χ0) is 25.8. The lowest BCUT2D eigenvalue weighted by atomic mass is 10.1. The van der Waals surface area contributed by atoms with Gasteiger partial charge in [-0.25, -0.2) is 4.79 Å². The van der Waals surface area contributed by atoms with Crippen molar-refractivity contribution in [3.8, 4) is 17.1 Å². The molecule has 1 atom stereocenters. The Morgan fingerprint density at radius 2 is 2.09 bits per heavy atom. The molecule has 1 amide bonds. The van der Waals surface area contributed by atoms with Crippen LogP contribution in [0, 0.1) is 0 Å². The van der Waals surface area contributed by atoms with Crippen LogP contribution in [-0.4, -0.2) is 39.9 Å². The molecular weight excluding hydrogens is 465 g/mol. The summed E-state index contributed by atoms with van der Waals surface area (Å²) >= 11 is 0. The van der Waals surface area contributed by atoms with E-state index in [0.29, 0.717) is 25.2 Å². The van der Waals surface area contributed by atoms with Crippen molar-refractivity contribution >= 4 is 6.09 Å². The van der Waals surface area contributed by atoms with E-state index >= 15 is 0 Å². The molecule has 1 aromatic heterocycles. The number of hydrogen-bond acceptors (Lipinski definition) is 7. The minimum Gasteiger partial charge on any atom is -0.493 e. The van der Waals surface area contributed by atoms with Crippen molar-refractivity contribution in [1.82, 2.24) is 20.4 Å². The van der Waals surface area contributed by atoms with Gasteiger partial charge in [-0.3, -0.25) is 5.32 Å². The lowest BCUT2D eigenvalue weighted by Crippen LogP contribution is -2.37. The molecule has 2 aromatic rings. The topological polar surface area (TPSA) is 89.7 Å². The first kappa shape index (κ1) is 26.1. The minimum absolute atomic E-state index is 0.0145. The molecule has 0 saturated carbocycles. The van der Waals surface area contributed by atoms with E-state index in [2.05, 4.69) is 28.6 Å². The highest BCUT2D eigenvalue weighted by Gasteiger charge is 2.36. The highest BCUT2D eigenvalue weighted by molar-refractivity contribution is 5.69. The minimum atomic E-state index is -4.63. The maximum Gasteiger partial charge on any atom is 0.419 e. The van der Waals surface area contributed by atoms with Crippen molar-refractivity contribution in [2.45, 2.75) is 57.9 Å². The van der Waals surface area contributed by atoms with Gasteiger partial charge in [0.1, 0.15) is 23.2 Å². The van der Waals surface area contributed by atoms with Gasteiger partial charge >= 0.3 is 12.3 Å². The van der Waals surface area contributed by atoms with Gasteiger partial charge in [-0.2, -0.15) is 18.2 Å². The Morgan fingerprint density at radius 1 is 1.34 bits per heavy atom. The van der Waals surface area contributed by atoms with E-state index < -0.39 is 23.4 Å². The number of nitrogens with one attached hydrogen (secondary N) is 1. The van der Waals surface area contributed by atoms with Crippen molar-refractivity contribution < 1.29 is 32.0 Å². The standard InChI is InChI=1S/C24H29F3N4O4/c1-6-7-13-33-19-11-10-16(14-17(19)24(25,26)27)20-29-21(35-30-20)18-9-8-12-31(18)15(2)28-22(32)34-23(3,4)5/h6,10-11,14,18H,1-2,7-9,12-13H2,3-5H3,(H,28,32)/t18-/m0/s1. The summed E-state index contributed by atoms with van der Waals surface area (Å²) in [5.41, 5.74) is -1.46. The Morgan fingerprint density at radius 3 is 2.74 bits per heavy atom. The highest BCUT2D eigenvalue weighted by atomic mass is 19.4. The first-order valence-corrected chi connectivity index (χ1v) is 11.1. The molecule has 1 fully saturated rings. The number of alkyl carbamates (subject to hydrolysis) is 1. The number of aromatic nitrogens is 2. The van der Waals surface area contributed by atoms with Crippen LogP contribution < -0.4 is 10.1 Å². The van der Waals surface area contributed by atoms with Crippen LogP contribution in [0.25, 0.3) is 11.4 Å². The predicted molar refractivity (Wildman–Crippen MR) is 122 cm³/mol. The third kappa shape index (κ3) is 6.77. The largest absolute Gasteiger partial charge is 0.493 e. The highest BCUT2D eigenvalue weighted by Crippen LogP contribution is 2.39. The Balaban J connectivity index is 1.78. The zero-order valence-corrected chi connectivity index (χ0v) is 19.9. The van der Waals surface area contributed by atoms with E-state index in [0.717, 1.165) is 12.5 Å². The average molecular weight is 495 g/mol. The summed E-state index contributed by atoms with van der Waals surface area (Å²) in [6, 6.07) is 3.24. The summed E-state index contributed by atoms with van der Waals surface area (Å²) in [5.74, 6) is 0.255. The molecule has 0 unspecified atom stereocenters. The van der Waals surface area contributed by atoms with E-state index in [1.807, 2.05) is 0 Å². The molecule has 1 saturated heterocycles. The molecule has 1 aliphatic heterocycles. The van der Waals surface area contributed by atoms with Crippen LogP contribution in [0.2, 0.25) is 0 Å². The van der Waals surface area contributed by atoms with Crippen LogP contribution in [0.15, 0.2) is 47.8 Å². The van der Waals surface area contributed by atoms with Crippen molar-refractivity contribution in [2.75, 3.05) is 13.2 Å². The van der Waals surface area contributed by atoms with Gasteiger partial charge in [-0.1, -0.05) is 17.8 Å². The molecule has 1 aliphatic rings. The summed E-state index contributed by atoms with van der Waals surface area (Å²) in [6.45, 7) is 13.3. The Kier molecular flexibility index (Phi) is 7.76. The van der Waals surface area contributed by atoms with Crippen LogP contribution in [0.3, 0.4) is 0 Å². The van der Waals surface area contributed by atoms with Crippen molar-refractivity contribution in [3.63, 3.8) is 0 Å². The second-order valence-corrected chi connectivity index (χ2v) is 9.02. The number of carbonyl (C=O) groups is 1. The van der Waals surface area contributed by atoms with Gasteiger partial charge in [0, 0.05) is 12.1 Å². The Bertz CT molecular complexity index is 1080. The van der Waals surface area contributed by atoms with Crippen LogP contribution in [0.1, 0.15) is 57.5 Å². The molecule has 8 nitrogen and oxygen atoms in total. The summed E-state index contributed by atoms with van der Waals surface area (Å²) < 4.78 is 56.8. The average Bonchev–Trinajstić information content (AvgIpc) is 3.41. The van der Waals surface area contributed by atoms with Crippen LogP contribution >= 0.6 is 0 Å². The second-order valence-electron chi connectivity index (χ2n) is 9.02. The van der Waals surface area contributed by atoms with Crippen molar-refractivity contribution in [3.05, 3.63) is 54.7 Å². The number of ether oxygens (including phenoxy) is 2. The number of halogens is 3. The van der Waals surface area contributed by atoms with Crippen molar-refractivity contribution in [2.24, 2.45) is 0 Å². The van der Waals surface area contributed by atoms with Gasteiger partial charge in [-0.15, -0.1) is 6.58 Å². The number of alkyl halides is 3. The van der Waals surface area contributed by atoms with E-state index in [4.69, 9.17) is 14.0 Å². The lowest BCUT2D eigenvalue weighted by molar-refractivity contribution is -0.138. The van der Waals surface area contributed by atoms with E-state index in [1.165, 1.54) is 12.1 Å². The van der Waals surface area contributed by atoms with Gasteiger partial charge in [0.05, 0.1) is 12.2 Å². The number of nitrogens with zero attached hydrogens (tertiary/aromatic N) is 3. The normalized spacial score (nSPS) is 16.2. The molecule has 0 radical (unpaired) electrons. The van der Waals surface area contributed by atoms with Gasteiger partial charge in [0.2, 0.25) is 11.7 Å². The molecule has 0 spiro atoms. The molecule has 35 heavy (non-hydrogen) atoms. The van der Waals surface area contributed by atoms with Crippen molar-refractivity contribution in [1.29, 1.82) is 0 Å². The van der Waals surface area contributed by atoms with Gasteiger partial charge in [0.15, 0.2) is 0 Å². The maximum absolute atomic E-state index is 13.6. The Hall–Kier alpha value is -3.50. The number of amides is 1. The van der Waals surface area contributed by atoms with E-state index in [1.54, 1.807) is 31.7 Å². The van der Waals surface area contributed by atoms with E-state index in [-0.39, 0.29) is 35.7 Å². The fraction of sp³-hybridized carbons (Fsp3) is 0.458.